The smallest absolute Gasteiger partial charge is 0.380 e. The Labute approximate surface area is 158 Å². The van der Waals surface area contributed by atoms with Gasteiger partial charge in [0.2, 0.25) is 0 Å². The molecule has 0 amide bonds. The average Bonchev–Trinajstić information content (AvgIpc) is 2.98. The topological polar surface area (TPSA) is 59.3 Å². The third-order valence-corrected chi connectivity index (χ3v) is 6.07. The molecule has 1 aliphatic heterocycles. The van der Waals surface area contributed by atoms with E-state index in [9.17, 15) is 48.6 Å². The Morgan fingerprint density at radius 2 is 1.79 bits per heavy atom. The van der Waals surface area contributed by atoms with Crippen molar-refractivity contribution in [2.24, 2.45) is 0 Å². The fraction of sp³-hybridized carbons (Fsp3) is 0.375. The lowest BCUT2D eigenvalue weighted by Gasteiger charge is -2.31. The third kappa shape index (κ3) is 3.39. The highest BCUT2D eigenvalue weighted by Crippen LogP contribution is 2.47. The number of aliphatic hydroxyl groups excluding tert-OH is 1. The molecule has 0 unspecified atom stereocenters. The zero-order valence-corrected chi connectivity index (χ0v) is 14.8. The van der Waals surface area contributed by atoms with Crippen molar-refractivity contribution >= 4 is 9.84 Å². The standard InChI is InChI=1S/C16H11F8NO3S/c17-9-2-1-7(5-8(9)14(18)19)10-6-11(29(27,28)16(22,23)24)12-13(26)15(20,21)3-4-25(10)12/h1-2,5-6,13-14,26H,3-4H2/t13-/m0/s1. The molecule has 29 heavy (non-hydrogen) atoms. The second-order valence-electron chi connectivity index (χ2n) is 6.33. The molecule has 1 aromatic heterocycles. The van der Waals surface area contributed by atoms with Gasteiger partial charge in [-0.2, -0.15) is 13.2 Å². The maximum absolute atomic E-state index is 13.9. The minimum Gasteiger partial charge on any atom is -0.380 e. The van der Waals surface area contributed by atoms with E-state index in [0.29, 0.717) is 22.8 Å². The Bertz CT molecular complexity index is 1060. The van der Waals surface area contributed by atoms with Crippen molar-refractivity contribution in [1.29, 1.82) is 0 Å². The third-order valence-electron chi connectivity index (χ3n) is 4.55. The Morgan fingerprint density at radius 3 is 2.34 bits per heavy atom. The highest BCUT2D eigenvalue weighted by molar-refractivity contribution is 7.92. The van der Waals surface area contributed by atoms with Crippen LogP contribution >= 0.6 is 0 Å². The van der Waals surface area contributed by atoms with Gasteiger partial charge in [-0.3, -0.25) is 0 Å². The summed E-state index contributed by atoms with van der Waals surface area (Å²) < 4.78 is 131. The maximum atomic E-state index is 13.9. The summed E-state index contributed by atoms with van der Waals surface area (Å²) in [6.45, 7) is -0.705. The SMILES string of the molecule is O=S(=O)(c1cc(-c2ccc(F)c(C(F)F)c2)n2c1[C@H](O)C(F)(F)CC2)C(F)(F)F. The number of nitrogens with zero attached hydrogens (tertiary/aromatic N) is 1. The van der Waals surface area contributed by atoms with Crippen LogP contribution in [-0.2, 0) is 16.4 Å². The molecule has 0 spiro atoms. The Morgan fingerprint density at radius 1 is 1.17 bits per heavy atom. The second-order valence-corrected chi connectivity index (χ2v) is 8.24. The summed E-state index contributed by atoms with van der Waals surface area (Å²) in [5, 5.41) is 9.86. The van der Waals surface area contributed by atoms with Gasteiger partial charge in [-0.15, -0.1) is 0 Å². The summed E-state index contributed by atoms with van der Waals surface area (Å²) in [7, 11) is -6.16. The lowest BCUT2D eigenvalue weighted by Crippen LogP contribution is -2.36. The van der Waals surface area contributed by atoms with E-state index in [1.165, 1.54) is 0 Å². The number of aromatic nitrogens is 1. The van der Waals surface area contributed by atoms with E-state index in [2.05, 4.69) is 0 Å². The van der Waals surface area contributed by atoms with Crippen molar-refractivity contribution in [2.75, 3.05) is 0 Å². The molecule has 2 heterocycles. The van der Waals surface area contributed by atoms with Gasteiger partial charge >= 0.3 is 5.51 Å². The molecule has 0 aliphatic carbocycles. The number of sulfone groups is 1. The van der Waals surface area contributed by atoms with E-state index in [-0.39, 0.29) is 5.56 Å². The van der Waals surface area contributed by atoms with Crippen LogP contribution in [0.25, 0.3) is 11.3 Å². The quantitative estimate of drug-likeness (QED) is 0.698. The molecule has 4 nitrogen and oxygen atoms in total. The molecular formula is C16H11F8NO3S. The van der Waals surface area contributed by atoms with Crippen molar-refractivity contribution in [1.82, 2.24) is 4.57 Å². The van der Waals surface area contributed by atoms with Crippen LogP contribution in [0.4, 0.5) is 35.1 Å². The molecule has 1 aromatic carbocycles. The van der Waals surface area contributed by atoms with Gasteiger partial charge in [-0.05, 0) is 29.8 Å². The predicted octanol–water partition coefficient (Wildman–Crippen LogP) is 4.60. The van der Waals surface area contributed by atoms with Crippen molar-refractivity contribution in [2.45, 2.75) is 41.8 Å². The molecule has 0 bridgehead atoms. The fourth-order valence-corrected chi connectivity index (χ4v) is 4.12. The van der Waals surface area contributed by atoms with Gasteiger partial charge in [0.05, 0.1) is 11.3 Å². The lowest BCUT2D eigenvalue weighted by molar-refractivity contribution is -0.132. The van der Waals surface area contributed by atoms with Crippen LogP contribution in [0.3, 0.4) is 0 Å². The number of alkyl halides is 7. The van der Waals surface area contributed by atoms with E-state index in [4.69, 9.17) is 0 Å². The number of halogens is 8. The molecule has 1 atom stereocenters. The van der Waals surface area contributed by atoms with Crippen LogP contribution in [0.1, 0.15) is 30.2 Å². The highest BCUT2D eigenvalue weighted by atomic mass is 32.2. The summed E-state index contributed by atoms with van der Waals surface area (Å²) in [6.07, 6.45) is -7.22. The van der Waals surface area contributed by atoms with Crippen LogP contribution in [-0.4, -0.2) is 29.5 Å². The molecule has 160 valence electrons. The summed E-state index contributed by atoms with van der Waals surface area (Å²) in [5.41, 5.74) is -8.98. The Hall–Kier alpha value is -2.15. The molecule has 2 aromatic rings. The molecule has 1 aliphatic rings. The van der Waals surface area contributed by atoms with Gasteiger partial charge in [-0.25, -0.2) is 30.4 Å². The minimum absolute atomic E-state index is 0.330. The average molecular weight is 449 g/mol. The monoisotopic (exact) mass is 449 g/mol. The summed E-state index contributed by atoms with van der Waals surface area (Å²) in [6, 6.07) is 2.41. The zero-order chi connectivity index (χ0) is 21.9. The number of fused-ring (bicyclic) bond motifs is 1. The minimum atomic E-state index is -6.16. The first-order chi connectivity index (χ1) is 13.2. The van der Waals surface area contributed by atoms with Gasteiger partial charge in [0.25, 0.3) is 22.2 Å². The van der Waals surface area contributed by atoms with Gasteiger partial charge in [0.1, 0.15) is 10.7 Å². The maximum Gasteiger partial charge on any atom is 0.501 e. The number of hydrogen-bond donors (Lipinski definition) is 1. The predicted molar refractivity (Wildman–Crippen MR) is 82.5 cm³/mol. The van der Waals surface area contributed by atoms with Crippen LogP contribution in [0.5, 0.6) is 0 Å². The van der Waals surface area contributed by atoms with E-state index < -0.39 is 74.4 Å². The number of benzene rings is 1. The number of aliphatic hydroxyl groups is 1. The van der Waals surface area contributed by atoms with Crippen LogP contribution in [0.2, 0.25) is 0 Å². The molecule has 0 radical (unpaired) electrons. The van der Waals surface area contributed by atoms with Gasteiger partial charge in [0.15, 0.2) is 6.10 Å². The molecule has 13 heteroatoms. The van der Waals surface area contributed by atoms with Crippen molar-refractivity contribution < 1.29 is 48.6 Å². The lowest BCUT2D eigenvalue weighted by atomic mass is 10.0. The molecule has 1 N–H and O–H groups in total. The summed E-state index contributed by atoms with van der Waals surface area (Å²) >= 11 is 0. The van der Waals surface area contributed by atoms with Gasteiger partial charge < -0.3 is 9.67 Å². The van der Waals surface area contributed by atoms with E-state index in [1.54, 1.807) is 0 Å². The van der Waals surface area contributed by atoms with Crippen LogP contribution in [0.15, 0.2) is 29.2 Å². The van der Waals surface area contributed by atoms with E-state index in [0.717, 1.165) is 6.07 Å². The normalized spacial score (nSPS) is 19.4. The fourth-order valence-electron chi connectivity index (χ4n) is 3.11. The van der Waals surface area contributed by atoms with Crippen LogP contribution < -0.4 is 0 Å². The molecule has 0 fully saturated rings. The largest absolute Gasteiger partial charge is 0.501 e. The van der Waals surface area contributed by atoms with Crippen LogP contribution in [0, 0.1) is 5.82 Å². The Kier molecular flexibility index (Phi) is 4.97. The Balaban J connectivity index is 2.33. The second kappa shape index (κ2) is 6.69. The van der Waals surface area contributed by atoms with Crippen molar-refractivity contribution in [3.63, 3.8) is 0 Å². The van der Waals surface area contributed by atoms with Gasteiger partial charge in [0, 0.05) is 18.7 Å². The molecule has 0 saturated heterocycles. The van der Waals surface area contributed by atoms with E-state index in [1.807, 2.05) is 0 Å². The molecular weight excluding hydrogens is 438 g/mol. The summed E-state index contributed by atoms with van der Waals surface area (Å²) in [4.78, 5) is -1.62. The molecule has 3 rings (SSSR count). The van der Waals surface area contributed by atoms with Crippen molar-refractivity contribution in [3.05, 3.63) is 41.3 Å². The van der Waals surface area contributed by atoms with Gasteiger partial charge in [-0.1, -0.05) is 0 Å². The number of hydrogen-bond acceptors (Lipinski definition) is 3. The first kappa shape index (κ1) is 21.6. The number of rotatable bonds is 3. The summed E-state index contributed by atoms with van der Waals surface area (Å²) in [5.74, 6) is -5.23. The first-order valence-corrected chi connectivity index (χ1v) is 9.35. The van der Waals surface area contributed by atoms with E-state index >= 15 is 0 Å². The first-order valence-electron chi connectivity index (χ1n) is 7.87. The zero-order valence-electron chi connectivity index (χ0n) is 14.0. The molecule has 0 saturated carbocycles. The van der Waals surface area contributed by atoms with Crippen molar-refractivity contribution in [3.8, 4) is 11.3 Å². The highest BCUT2D eigenvalue weighted by Gasteiger charge is 2.53.